The van der Waals surface area contributed by atoms with Gasteiger partial charge in [-0.1, -0.05) is 6.07 Å². The molecular formula is C25H34FN3O3S. The summed E-state index contributed by atoms with van der Waals surface area (Å²) in [5, 5.41) is 5.10. The number of piperidine rings is 1. The highest BCUT2D eigenvalue weighted by Gasteiger charge is 2.44. The van der Waals surface area contributed by atoms with Gasteiger partial charge >= 0.3 is 0 Å². The molecule has 1 aromatic heterocycles. The molecule has 33 heavy (non-hydrogen) atoms. The Hall–Kier alpha value is -1.87. The summed E-state index contributed by atoms with van der Waals surface area (Å²) in [5.41, 5.74) is 3.98. The fourth-order valence-corrected chi connectivity index (χ4v) is 5.47. The highest BCUT2D eigenvalue weighted by atomic mass is 32.1. The van der Waals surface area contributed by atoms with Gasteiger partial charge in [0, 0.05) is 44.6 Å². The summed E-state index contributed by atoms with van der Waals surface area (Å²) >= 11 is 1.55. The average Bonchev–Trinajstić information content (AvgIpc) is 3.45. The lowest BCUT2D eigenvalue weighted by Crippen LogP contribution is -2.52. The second-order valence-corrected chi connectivity index (χ2v) is 10.6. The molecular weight excluding hydrogens is 441 g/mol. The molecule has 1 N–H and O–H groups in total. The molecule has 2 atom stereocenters. The number of amides is 1. The number of nitrogens with one attached hydrogen (secondary N) is 1. The van der Waals surface area contributed by atoms with Gasteiger partial charge in [-0.25, -0.2) is 9.37 Å². The molecule has 180 valence electrons. The number of carbonyl (C=O) groups excluding carboxylic acids is 1. The van der Waals surface area contributed by atoms with Crippen LogP contribution in [0.5, 0.6) is 0 Å². The van der Waals surface area contributed by atoms with Crippen molar-refractivity contribution < 1.29 is 18.7 Å². The van der Waals surface area contributed by atoms with Gasteiger partial charge in [0.2, 0.25) is 5.91 Å². The normalized spacial score (nSPS) is 19.9. The second-order valence-electron chi connectivity index (χ2n) is 9.83. The topological polar surface area (TPSA) is 63.7 Å². The van der Waals surface area contributed by atoms with Crippen molar-refractivity contribution in [2.24, 2.45) is 5.92 Å². The number of benzene rings is 1. The summed E-state index contributed by atoms with van der Waals surface area (Å²) < 4.78 is 25.6. The number of nitrogens with zero attached hydrogens (tertiary/aromatic N) is 2. The molecule has 1 saturated heterocycles. The van der Waals surface area contributed by atoms with Crippen molar-refractivity contribution in [2.75, 3.05) is 26.7 Å². The maximum absolute atomic E-state index is 13.9. The van der Waals surface area contributed by atoms with E-state index in [-0.39, 0.29) is 23.7 Å². The number of halogens is 1. The van der Waals surface area contributed by atoms with Crippen LogP contribution in [0.1, 0.15) is 50.4 Å². The number of aromatic nitrogens is 1. The number of thiazole rings is 1. The average molecular weight is 476 g/mol. The molecule has 6 nitrogen and oxygen atoms in total. The molecule has 2 unspecified atom stereocenters. The van der Waals surface area contributed by atoms with Gasteiger partial charge in [0.05, 0.1) is 34.9 Å². The Bertz CT molecular complexity index is 958. The fraction of sp³-hybridized carbons (Fsp3) is 0.600. The Labute approximate surface area is 199 Å². The minimum atomic E-state index is -0.427. The third-order valence-corrected chi connectivity index (χ3v) is 7.96. The molecule has 1 fully saturated rings. The van der Waals surface area contributed by atoms with E-state index in [1.54, 1.807) is 24.5 Å². The summed E-state index contributed by atoms with van der Waals surface area (Å²) in [6.45, 7) is 8.61. The van der Waals surface area contributed by atoms with Crippen LogP contribution in [0.4, 0.5) is 4.39 Å². The van der Waals surface area contributed by atoms with Crippen LogP contribution in [0.2, 0.25) is 0 Å². The molecule has 0 aliphatic carbocycles. The molecule has 0 saturated carbocycles. The van der Waals surface area contributed by atoms with E-state index < -0.39 is 11.2 Å². The first kappa shape index (κ1) is 24.3. The van der Waals surface area contributed by atoms with Gasteiger partial charge in [-0.05, 0) is 56.9 Å². The van der Waals surface area contributed by atoms with Crippen LogP contribution in [-0.4, -0.2) is 54.2 Å². The van der Waals surface area contributed by atoms with Crippen LogP contribution in [-0.2, 0) is 32.9 Å². The van der Waals surface area contributed by atoms with Gasteiger partial charge in [0.1, 0.15) is 5.82 Å². The zero-order valence-corrected chi connectivity index (χ0v) is 20.7. The Morgan fingerprint density at radius 2 is 2.15 bits per heavy atom. The van der Waals surface area contributed by atoms with Crippen molar-refractivity contribution in [1.29, 1.82) is 0 Å². The van der Waals surface area contributed by atoms with Gasteiger partial charge in [-0.3, -0.25) is 9.69 Å². The number of hydrogen-bond acceptors (Lipinski definition) is 6. The largest absolute Gasteiger partial charge is 0.377 e. The molecule has 3 heterocycles. The van der Waals surface area contributed by atoms with E-state index in [0.717, 1.165) is 42.8 Å². The van der Waals surface area contributed by atoms with E-state index in [4.69, 9.17) is 9.47 Å². The van der Waals surface area contributed by atoms with Crippen LogP contribution in [0, 0.1) is 11.7 Å². The van der Waals surface area contributed by atoms with Crippen LogP contribution >= 0.6 is 11.3 Å². The highest BCUT2D eigenvalue weighted by Crippen LogP contribution is 2.45. The Morgan fingerprint density at radius 1 is 1.39 bits per heavy atom. The number of hydrogen-bond donors (Lipinski definition) is 1. The zero-order valence-electron chi connectivity index (χ0n) is 19.9. The first-order chi connectivity index (χ1) is 15.7. The van der Waals surface area contributed by atoms with Crippen molar-refractivity contribution in [1.82, 2.24) is 15.2 Å². The van der Waals surface area contributed by atoms with Crippen LogP contribution in [0.25, 0.3) is 0 Å². The van der Waals surface area contributed by atoms with Gasteiger partial charge in [0.25, 0.3) is 0 Å². The smallest absolute Gasteiger partial charge is 0.225 e. The number of carbonyl (C=O) groups is 1. The Balaban J connectivity index is 1.45. The highest BCUT2D eigenvalue weighted by molar-refractivity contribution is 7.07. The Morgan fingerprint density at radius 3 is 2.82 bits per heavy atom. The number of fused-ring (bicyclic) bond motifs is 2. The molecule has 1 spiro atoms. The Kier molecular flexibility index (Phi) is 7.19. The van der Waals surface area contributed by atoms with Crippen LogP contribution in [0.3, 0.4) is 0 Å². The standard InChI is InChI=1S/C25H34FN3O3S/c1-17(21(12-20-14-33-16-28-20)23(30)27-15-24(2,3)31-4)29-9-7-25(8-10-29)22-11-19(26)6-5-18(22)13-32-25/h5-6,11,14,16-17,21H,7-10,12-13,15H2,1-4H3,(H,27,30). The monoisotopic (exact) mass is 475 g/mol. The summed E-state index contributed by atoms with van der Waals surface area (Å²) in [6.07, 6.45) is 2.17. The van der Waals surface area contributed by atoms with E-state index in [1.165, 1.54) is 6.07 Å². The minimum absolute atomic E-state index is 0.0189. The van der Waals surface area contributed by atoms with Crippen molar-refractivity contribution in [3.63, 3.8) is 0 Å². The van der Waals surface area contributed by atoms with Crippen LogP contribution in [0.15, 0.2) is 29.1 Å². The molecule has 1 amide bonds. The zero-order chi connectivity index (χ0) is 23.6. The van der Waals surface area contributed by atoms with Crippen molar-refractivity contribution in [2.45, 2.75) is 63.9 Å². The SMILES string of the molecule is COC(C)(C)CNC(=O)C(Cc1cscn1)C(C)N1CCC2(CC1)OCc1ccc(F)cc12. The number of rotatable bonds is 8. The van der Waals surface area contributed by atoms with E-state index >= 15 is 0 Å². The second kappa shape index (κ2) is 9.78. The van der Waals surface area contributed by atoms with E-state index in [2.05, 4.69) is 22.1 Å². The lowest BCUT2D eigenvalue weighted by molar-refractivity contribution is -0.130. The molecule has 2 aliphatic rings. The first-order valence-corrected chi connectivity index (χ1v) is 12.5. The predicted molar refractivity (Wildman–Crippen MR) is 127 cm³/mol. The maximum atomic E-state index is 13.9. The van der Waals surface area contributed by atoms with E-state index in [0.29, 0.717) is 19.6 Å². The third-order valence-electron chi connectivity index (χ3n) is 7.32. The summed E-state index contributed by atoms with van der Waals surface area (Å²) in [5.74, 6) is -0.429. The van der Waals surface area contributed by atoms with Crippen molar-refractivity contribution >= 4 is 17.2 Å². The molecule has 1 aromatic carbocycles. The van der Waals surface area contributed by atoms with Gasteiger partial charge in [-0.15, -0.1) is 11.3 Å². The molecule has 2 aromatic rings. The number of likely N-dealkylation sites (tertiary alicyclic amines) is 1. The van der Waals surface area contributed by atoms with Crippen LogP contribution < -0.4 is 5.32 Å². The minimum Gasteiger partial charge on any atom is -0.377 e. The fourth-order valence-electron chi connectivity index (χ4n) is 4.90. The van der Waals surface area contributed by atoms with Crippen molar-refractivity contribution in [3.05, 3.63) is 51.7 Å². The number of ether oxygens (including phenoxy) is 2. The lowest BCUT2D eigenvalue weighted by Gasteiger charge is -2.43. The summed E-state index contributed by atoms with van der Waals surface area (Å²) in [7, 11) is 1.65. The number of methoxy groups -OCH3 is 1. The van der Waals surface area contributed by atoms with Gasteiger partial charge < -0.3 is 14.8 Å². The predicted octanol–water partition coefficient (Wildman–Crippen LogP) is 3.89. The van der Waals surface area contributed by atoms with E-state index in [9.17, 15) is 9.18 Å². The molecule has 2 aliphatic heterocycles. The molecule has 0 radical (unpaired) electrons. The molecule has 8 heteroatoms. The van der Waals surface area contributed by atoms with Crippen molar-refractivity contribution in [3.8, 4) is 0 Å². The summed E-state index contributed by atoms with van der Waals surface area (Å²) in [6, 6.07) is 5.01. The molecule has 0 bridgehead atoms. The molecule has 4 rings (SSSR count). The van der Waals surface area contributed by atoms with E-state index in [1.807, 2.05) is 30.8 Å². The first-order valence-electron chi connectivity index (χ1n) is 11.6. The van der Waals surface area contributed by atoms with Gasteiger partial charge in [0.15, 0.2) is 0 Å². The van der Waals surface area contributed by atoms with Gasteiger partial charge in [-0.2, -0.15) is 0 Å². The maximum Gasteiger partial charge on any atom is 0.225 e. The third kappa shape index (κ3) is 5.29. The summed E-state index contributed by atoms with van der Waals surface area (Å²) in [4.78, 5) is 20.1. The lowest BCUT2D eigenvalue weighted by atomic mass is 9.82. The quantitative estimate of drug-likeness (QED) is 0.628.